The minimum Gasteiger partial charge on any atom is -0.454 e. The number of amides is 5. The summed E-state index contributed by atoms with van der Waals surface area (Å²) in [6.07, 6.45) is 4.00. The molecule has 5 amide bonds. The second-order valence-electron chi connectivity index (χ2n) is 7.70. The van der Waals surface area contributed by atoms with Crippen molar-refractivity contribution < 1.29 is 28.7 Å². The van der Waals surface area contributed by atoms with Gasteiger partial charge in [0.05, 0.1) is 6.54 Å². The standard InChI is InChI=1S/C19H30N4O6/c1-4-9-20-14(24)10-22(3)15(25)12-29-16(26)11-23-17(27)19(21-18(23)28)8-6-5-7-13(19)2/h13H,4-12H2,1-3H3,(H,20,24)(H,21,28)/t13-,19-/m0/s1. The summed E-state index contributed by atoms with van der Waals surface area (Å²) in [5.41, 5.74) is -0.947. The van der Waals surface area contributed by atoms with E-state index < -0.39 is 42.5 Å². The molecule has 2 aliphatic rings. The van der Waals surface area contributed by atoms with E-state index in [0.717, 1.165) is 35.5 Å². The summed E-state index contributed by atoms with van der Waals surface area (Å²) in [5.74, 6) is -2.14. The predicted octanol–water partition coefficient (Wildman–Crippen LogP) is 0.0149. The van der Waals surface area contributed by atoms with Crippen LogP contribution in [0.4, 0.5) is 4.79 Å². The maximum atomic E-state index is 12.8. The van der Waals surface area contributed by atoms with Gasteiger partial charge >= 0.3 is 12.0 Å². The molecule has 1 saturated carbocycles. The van der Waals surface area contributed by atoms with Crippen LogP contribution in [-0.4, -0.2) is 78.3 Å². The minimum absolute atomic E-state index is 0.0113. The largest absolute Gasteiger partial charge is 0.454 e. The first-order valence-corrected chi connectivity index (χ1v) is 10.0. The number of esters is 1. The Balaban J connectivity index is 1.83. The number of hydrogen-bond acceptors (Lipinski definition) is 6. The van der Waals surface area contributed by atoms with E-state index in [4.69, 9.17) is 4.74 Å². The molecule has 10 nitrogen and oxygen atoms in total. The van der Waals surface area contributed by atoms with Crippen LogP contribution in [0.25, 0.3) is 0 Å². The normalized spacial score (nSPS) is 23.7. The van der Waals surface area contributed by atoms with Gasteiger partial charge in [-0.25, -0.2) is 4.79 Å². The van der Waals surface area contributed by atoms with Crippen molar-refractivity contribution in [2.45, 2.75) is 51.5 Å². The summed E-state index contributed by atoms with van der Waals surface area (Å²) in [4.78, 5) is 62.8. The van der Waals surface area contributed by atoms with E-state index in [1.165, 1.54) is 7.05 Å². The van der Waals surface area contributed by atoms with Gasteiger partial charge in [0.15, 0.2) is 6.61 Å². The molecule has 0 aromatic heterocycles. The third-order valence-corrected chi connectivity index (χ3v) is 5.52. The Morgan fingerprint density at radius 1 is 1.31 bits per heavy atom. The van der Waals surface area contributed by atoms with Crippen molar-refractivity contribution in [3.63, 3.8) is 0 Å². The minimum atomic E-state index is -0.947. The Hall–Kier alpha value is -2.65. The summed E-state index contributed by atoms with van der Waals surface area (Å²) < 4.78 is 4.91. The van der Waals surface area contributed by atoms with Gasteiger partial charge in [-0.2, -0.15) is 0 Å². The van der Waals surface area contributed by atoms with Crippen LogP contribution >= 0.6 is 0 Å². The zero-order chi connectivity index (χ0) is 21.6. The third-order valence-electron chi connectivity index (χ3n) is 5.52. The van der Waals surface area contributed by atoms with Gasteiger partial charge in [-0.15, -0.1) is 0 Å². The molecule has 1 spiro atoms. The molecule has 2 atom stereocenters. The summed E-state index contributed by atoms with van der Waals surface area (Å²) in [6.45, 7) is 3.08. The second-order valence-corrected chi connectivity index (χ2v) is 7.70. The Morgan fingerprint density at radius 3 is 2.69 bits per heavy atom. The highest BCUT2D eigenvalue weighted by molar-refractivity contribution is 6.09. The Kier molecular flexibility index (Phi) is 7.58. The van der Waals surface area contributed by atoms with E-state index in [1.54, 1.807) is 0 Å². The molecule has 2 fully saturated rings. The Bertz CT molecular complexity index is 682. The maximum Gasteiger partial charge on any atom is 0.326 e. The molecule has 1 heterocycles. The molecule has 162 valence electrons. The fraction of sp³-hybridized carbons (Fsp3) is 0.737. The van der Waals surface area contributed by atoms with Crippen LogP contribution in [0.3, 0.4) is 0 Å². The van der Waals surface area contributed by atoms with E-state index in [1.807, 2.05) is 13.8 Å². The lowest BCUT2D eigenvalue weighted by molar-refractivity contribution is -0.154. The average Bonchev–Trinajstić information content (AvgIpc) is 2.91. The molecule has 10 heteroatoms. The lowest BCUT2D eigenvalue weighted by Gasteiger charge is -2.36. The zero-order valence-corrected chi connectivity index (χ0v) is 17.3. The molecule has 2 N–H and O–H groups in total. The Morgan fingerprint density at radius 2 is 2.03 bits per heavy atom. The molecule has 0 radical (unpaired) electrons. The van der Waals surface area contributed by atoms with Crippen LogP contribution < -0.4 is 10.6 Å². The van der Waals surface area contributed by atoms with Gasteiger partial charge in [-0.05, 0) is 25.2 Å². The van der Waals surface area contributed by atoms with Gasteiger partial charge in [-0.3, -0.25) is 24.1 Å². The van der Waals surface area contributed by atoms with E-state index in [2.05, 4.69) is 10.6 Å². The third kappa shape index (κ3) is 5.24. The van der Waals surface area contributed by atoms with E-state index in [9.17, 15) is 24.0 Å². The number of urea groups is 1. The van der Waals surface area contributed by atoms with Gasteiger partial charge in [0.25, 0.3) is 11.8 Å². The van der Waals surface area contributed by atoms with Crippen molar-refractivity contribution in [3.8, 4) is 0 Å². The molecule has 1 aliphatic carbocycles. The molecule has 2 rings (SSSR count). The van der Waals surface area contributed by atoms with Gasteiger partial charge < -0.3 is 20.3 Å². The average molecular weight is 410 g/mol. The predicted molar refractivity (Wildman–Crippen MR) is 103 cm³/mol. The lowest BCUT2D eigenvalue weighted by atomic mass is 9.73. The zero-order valence-electron chi connectivity index (χ0n) is 17.3. The van der Waals surface area contributed by atoms with Crippen molar-refractivity contribution in [2.75, 3.05) is 33.3 Å². The van der Waals surface area contributed by atoms with Crippen LogP contribution in [0.1, 0.15) is 46.0 Å². The van der Waals surface area contributed by atoms with Crippen molar-refractivity contribution in [3.05, 3.63) is 0 Å². The highest BCUT2D eigenvalue weighted by atomic mass is 16.5. The van der Waals surface area contributed by atoms with E-state index >= 15 is 0 Å². The number of hydrogen-bond donors (Lipinski definition) is 2. The van der Waals surface area contributed by atoms with E-state index in [0.29, 0.717) is 13.0 Å². The quantitative estimate of drug-likeness (QED) is 0.429. The molecule has 1 aliphatic heterocycles. The molecule has 0 aromatic rings. The molecule has 1 saturated heterocycles. The van der Waals surface area contributed by atoms with Gasteiger partial charge in [0, 0.05) is 13.6 Å². The van der Waals surface area contributed by atoms with Crippen LogP contribution in [0, 0.1) is 5.92 Å². The van der Waals surface area contributed by atoms with Crippen LogP contribution in [0.2, 0.25) is 0 Å². The number of nitrogens with one attached hydrogen (secondary N) is 2. The van der Waals surface area contributed by atoms with Gasteiger partial charge in [0.1, 0.15) is 12.1 Å². The number of ether oxygens (including phenoxy) is 1. The van der Waals surface area contributed by atoms with Crippen molar-refractivity contribution in [1.82, 2.24) is 20.4 Å². The highest BCUT2D eigenvalue weighted by Gasteiger charge is 2.55. The number of nitrogens with zero attached hydrogens (tertiary/aromatic N) is 2. The monoisotopic (exact) mass is 410 g/mol. The Labute approximate surface area is 170 Å². The summed E-state index contributed by atoms with van der Waals surface area (Å²) in [7, 11) is 1.42. The fourth-order valence-corrected chi connectivity index (χ4v) is 3.69. The number of imide groups is 1. The molecular formula is C19H30N4O6. The lowest BCUT2D eigenvalue weighted by Crippen LogP contribution is -2.54. The first kappa shape index (κ1) is 22.6. The summed E-state index contributed by atoms with van der Waals surface area (Å²) >= 11 is 0. The van der Waals surface area contributed by atoms with Crippen LogP contribution in [-0.2, 0) is 23.9 Å². The smallest absolute Gasteiger partial charge is 0.326 e. The number of carbonyl (C=O) groups excluding carboxylic acids is 5. The van der Waals surface area contributed by atoms with Crippen LogP contribution in [0.5, 0.6) is 0 Å². The molecule has 0 aromatic carbocycles. The summed E-state index contributed by atoms with van der Waals surface area (Å²) in [5, 5.41) is 5.40. The van der Waals surface area contributed by atoms with Crippen molar-refractivity contribution >= 4 is 29.7 Å². The van der Waals surface area contributed by atoms with E-state index in [-0.39, 0.29) is 18.4 Å². The maximum absolute atomic E-state index is 12.8. The first-order valence-electron chi connectivity index (χ1n) is 10.0. The van der Waals surface area contributed by atoms with Crippen molar-refractivity contribution in [1.29, 1.82) is 0 Å². The topological polar surface area (TPSA) is 125 Å². The molecule has 29 heavy (non-hydrogen) atoms. The summed E-state index contributed by atoms with van der Waals surface area (Å²) in [6, 6.07) is -0.614. The van der Waals surface area contributed by atoms with Gasteiger partial charge in [0.2, 0.25) is 5.91 Å². The highest BCUT2D eigenvalue weighted by Crippen LogP contribution is 2.38. The fourth-order valence-electron chi connectivity index (χ4n) is 3.69. The molecule has 0 bridgehead atoms. The number of carbonyl (C=O) groups is 5. The molecular weight excluding hydrogens is 380 g/mol. The SMILES string of the molecule is CCCNC(=O)CN(C)C(=O)COC(=O)CN1C(=O)N[C@]2(CCCC[C@@H]2C)C1=O. The molecule has 0 unspecified atom stereocenters. The van der Waals surface area contributed by atoms with Crippen LogP contribution in [0.15, 0.2) is 0 Å². The van der Waals surface area contributed by atoms with Crippen molar-refractivity contribution in [2.24, 2.45) is 5.92 Å². The number of rotatable bonds is 8. The first-order chi connectivity index (χ1) is 13.7. The number of likely N-dealkylation sites (N-methyl/N-ethyl adjacent to an activating group) is 1. The second kappa shape index (κ2) is 9.71. The van der Waals surface area contributed by atoms with Gasteiger partial charge in [-0.1, -0.05) is 26.7 Å².